The Morgan fingerprint density at radius 2 is 2.30 bits per heavy atom. The maximum Gasteiger partial charge on any atom is 0.227 e. The van der Waals surface area contributed by atoms with Gasteiger partial charge in [0, 0.05) is 18.1 Å². The number of aliphatic hydroxyl groups excluding tert-OH is 1. The van der Waals surface area contributed by atoms with Crippen molar-refractivity contribution in [3.63, 3.8) is 0 Å². The van der Waals surface area contributed by atoms with Gasteiger partial charge in [-0.1, -0.05) is 22.0 Å². The number of carbonyl (C=O) groups is 1. The van der Waals surface area contributed by atoms with E-state index in [1.807, 2.05) is 25.1 Å². The maximum atomic E-state index is 12.4. The van der Waals surface area contributed by atoms with E-state index in [1.54, 1.807) is 12.0 Å². The molecule has 1 aromatic carbocycles. The van der Waals surface area contributed by atoms with E-state index in [4.69, 9.17) is 4.74 Å². The highest BCUT2D eigenvalue weighted by atomic mass is 79.9. The van der Waals surface area contributed by atoms with E-state index in [0.29, 0.717) is 19.4 Å². The van der Waals surface area contributed by atoms with Gasteiger partial charge in [0.15, 0.2) is 0 Å². The smallest absolute Gasteiger partial charge is 0.227 e. The number of rotatable bonds is 4. The molecule has 1 fully saturated rings. The Morgan fingerprint density at radius 3 is 2.90 bits per heavy atom. The first-order chi connectivity index (χ1) is 9.55. The number of aliphatic hydroxyl groups is 1. The molecule has 0 radical (unpaired) electrons. The molecule has 1 N–H and O–H groups in total. The quantitative estimate of drug-likeness (QED) is 0.909. The Balaban J connectivity index is 2.07. The molecule has 1 amide bonds. The monoisotopic (exact) mass is 341 g/mol. The van der Waals surface area contributed by atoms with Gasteiger partial charge in [0.2, 0.25) is 5.91 Å². The van der Waals surface area contributed by atoms with E-state index in [9.17, 15) is 9.90 Å². The molecule has 2 rings (SSSR count). The molecular weight excluding hydrogens is 322 g/mol. The van der Waals surface area contributed by atoms with Crippen LogP contribution >= 0.6 is 15.9 Å². The Labute approximate surface area is 127 Å². The minimum atomic E-state index is -0.122. The van der Waals surface area contributed by atoms with Gasteiger partial charge in [0.25, 0.3) is 0 Å². The van der Waals surface area contributed by atoms with Gasteiger partial charge < -0.3 is 14.7 Å². The van der Waals surface area contributed by atoms with E-state index in [1.165, 1.54) is 0 Å². The molecule has 0 aromatic heterocycles. The number of benzene rings is 1. The van der Waals surface area contributed by atoms with Crippen molar-refractivity contribution >= 4 is 21.8 Å². The zero-order valence-corrected chi connectivity index (χ0v) is 13.4. The number of hydrogen-bond donors (Lipinski definition) is 1. The first-order valence-corrected chi connectivity index (χ1v) is 7.52. The van der Waals surface area contributed by atoms with Gasteiger partial charge >= 0.3 is 0 Å². The summed E-state index contributed by atoms with van der Waals surface area (Å²) >= 11 is 3.42. The van der Waals surface area contributed by atoms with Crippen molar-refractivity contribution in [3.05, 3.63) is 33.8 Å². The summed E-state index contributed by atoms with van der Waals surface area (Å²) in [6.45, 7) is 2.56. The van der Waals surface area contributed by atoms with Crippen molar-refractivity contribution in [1.29, 1.82) is 0 Å². The standard InChI is InChI=1S/C15H20BrNO3/c1-10-5-12(16)4-3-11(10)6-15(19)17-8-14(20-2)7-13(17)9-18/h3-5,13-14,18H,6-9H2,1-2H3/t13-,14-/m0/s1. The van der Waals surface area contributed by atoms with E-state index in [0.717, 1.165) is 15.6 Å². The van der Waals surface area contributed by atoms with Gasteiger partial charge in [-0.05, 0) is 36.6 Å². The van der Waals surface area contributed by atoms with Gasteiger partial charge in [-0.2, -0.15) is 0 Å². The average molecular weight is 342 g/mol. The van der Waals surface area contributed by atoms with Crippen molar-refractivity contribution in [2.75, 3.05) is 20.3 Å². The van der Waals surface area contributed by atoms with Gasteiger partial charge in [0.1, 0.15) is 0 Å². The number of methoxy groups -OCH3 is 1. The molecule has 1 aromatic rings. The van der Waals surface area contributed by atoms with E-state index in [2.05, 4.69) is 15.9 Å². The molecule has 0 bridgehead atoms. The highest BCUT2D eigenvalue weighted by Gasteiger charge is 2.34. The van der Waals surface area contributed by atoms with Crippen molar-refractivity contribution < 1.29 is 14.6 Å². The van der Waals surface area contributed by atoms with Crippen molar-refractivity contribution in [1.82, 2.24) is 4.90 Å². The Morgan fingerprint density at radius 1 is 1.55 bits per heavy atom. The van der Waals surface area contributed by atoms with Crippen LogP contribution in [0.4, 0.5) is 0 Å². The fourth-order valence-corrected chi connectivity index (χ4v) is 3.12. The first kappa shape index (κ1) is 15.5. The number of hydrogen-bond acceptors (Lipinski definition) is 3. The maximum absolute atomic E-state index is 12.4. The summed E-state index contributed by atoms with van der Waals surface area (Å²) in [5, 5.41) is 9.40. The van der Waals surface area contributed by atoms with Gasteiger partial charge in [0.05, 0.1) is 25.2 Å². The number of amides is 1. The van der Waals surface area contributed by atoms with Crippen LogP contribution in [0, 0.1) is 6.92 Å². The van der Waals surface area contributed by atoms with E-state index >= 15 is 0 Å². The summed E-state index contributed by atoms with van der Waals surface area (Å²) in [6.07, 6.45) is 1.10. The first-order valence-electron chi connectivity index (χ1n) is 6.73. The molecule has 110 valence electrons. The van der Waals surface area contributed by atoms with Crippen LogP contribution in [0.15, 0.2) is 22.7 Å². The second-order valence-electron chi connectivity index (χ2n) is 5.22. The molecule has 0 unspecified atom stereocenters. The number of likely N-dealkylation sites (tertiary alicyclic amines) is 1. The van der Waals surface area contributed by atoms with E-state index in [-0.39, 0.29) is 24.7 Å². The zero-order valence-electron chi connectivity index (χ0n) is 11.8. The summed E-state index contributed by atoms with van der Waals surface area (Å²) in [6, 6.07) is 5.80. The lowest BCUT2D eigenvalue weighted by Crippen LogP contribution is -2.39. The third kappa shape index (κ3) is 3.40. The normalized spacial score (nSPS) is 22.3. The van der Waals surface area contributed by atoms with Crippen molar-refractivity contribution in [2.24, 2.45) is 0 Å². The number of nitrogens with zero attached hydrogens (tertiary/aromatic N) is 1. The van der Waals surface area contributed by atoms with Crippen LogP contribution < -0.4 is 0 Å². The molecule has 20 heavy (non-hydrogen) atoms. The number of halogens is 1. The summed E-state index contributed by atoms with van der Waals surface area (Å²) in [5.74, 6) is 0.0500. The molecule has 4 nitrogen and oxygen atoms in total. The summed E-state index contributed by atoms with van der Waals surface area (Å²) in [7, 11) is 1.64. The molecule has 0 spiro atoms. The largest absolute Gasteiger partial charge is 0.394 e. The lowest BCUT2D eigenvalue weighted by molar-refractivity contribution is -0.132. The van der Waals surface area contributed by atoms with Gasteiger partial charge in [-0.15, -0.1) is 0 Å². The van der Waals surface area contributed by atoms with Crippen LogP contribution in [-0.2, 0) is 16.0 Å². The number of aryl methyl sites for hydroxylation is 1. The molecule has 1 aliphatic rings. The van der Waals surface area contributed by atoms with Crippen LogP contribution in [0.2, 0.25) is 0 Å². The molecule has 0 saturated carbocycles. The second kappa shape index (κ2) is 6.70. The third-order valence-electron chi connectivity index (χ3n) is 3.89. The van der Waals surface area contributed by atoms with Crippen molar-refractivity contribution in [2.45, 2.75) is 31.9 Å². The van der Waals surface area contributed by atoms with Gasteiger partial charge in [-0.25, -0.2) is 0 Å². The predicted octanol–water partition coefficient (Wildman–Crippen LogP) is 1.91. The van der Waals surface area contributed by atoms with Crippen LogP contribution in [0.5, 0.6) is 0 Å². The Kier molecular flexibility index (Phi) is 5.18. The lowest BCUT2D eigenvalue weighted by Gasteiger charge is -2.23. The molecule has 1 heterocycles. The lowest BCUT2D eigenvalue weighted by atomic mass is 10.1. The molecular formula is C15H20BrNO3. The third-order valence-corrected chi connectivity index (χ3v) is 4.38. The SMILES string of the molecule is CO[C@H]1C[C@@H](CO)N(C(=O)Cc2ccc(Br)cc2C)C1. The summed E-state index contributed by atoms with van der Waals surface area (Å²) in [5.41, 5.74) is 2.12. The second-order valence-corrected chi connectivity index (χ2v) is 6.14. The van der Waals surface area contributed by atoms with Crippen LogP contribution in [0.25, 0.3) is 0 Å². The number of carbonyl (C=O) groups excluding carboxylic acids is 1. The molecule has 5 heteroatoms. The molecule has 0 aliphatic carbocycles. The average Bonchev–Trinajstić information content (AvgIpc) is 2.85. The highest BCUT2D eigenvalue weighted by Crippen LogP contribution is 2.22. The van der Waals surface area contributed by atoms with Gasteiger partial charge in [-0.3, -0.25) is 4.79 Å². The number of ether oxygens (including phenoxy) is 1. The predicted molar refractivity (Wildman–Crippen MR) is 80.6 cm³/mol. The molecule has 1 saturated heterocycles. The van der Waals surface area contributed by atoms with Crippen LogP contribution in [-0.4, -0.2) is 48.3 Å². The Hall–Kier alpha value is -0.910. The van der Waals surface area contributed by atoms with Crippen molar-refractivity contribution in [3.8, 4) is 0 Å². The van der Waals surface area contributed by atoms with Crippen LogP contribution in [0.3, 0.4) is 0 Å². The minimum Gasteiger partial charge on any atom is -0.394 e. The van der Waals surface area contributed by atoms with Crippen LogP contribution in [0.1, 0.15) is 17.5 Å². The van der Waals surface area contributed by atoms with E-state index < -0.39 is 0 Å². The minimum absolute atomic E-state index is 0.00901. The molecule has 2 atom stereocenters. The molecule has 1 aliphatic heterocycles. The zero-order chi connectivity index (χ0) is 14.7. The fourth-order valence-electron chi connectivity index (χ4n) is 2.65. The Bertz CT molecular complexity index is 492. The summed E-state index contributed by atoms with van der Waals surface area (Å²) < 4.78 is 6.32. The fraction of sp³-hybridized carbons (Fsp3) is 0.533. The highest BCUT2D eigenvalue weighted by molar-refractivity contribution is 9.10. The summed E-state index contributed by atoms with van der Waals surface area (Å²) in [4.78, 5) is 14.2. The topological polar surface area (TPSA) is 49.8 Å².